The van der Waals surface area contributed by atoms with Gasteiger partial charge < -0.3 is 4.57 Å². The van der Waals surface area contributed by atoms with E-state index < -0.39 is 0 Å². The summed E-state index contributed by atoms with van der Waals surface area (Å²) in [6, 6.07) is 64.3. The number of benzene rings is 8. The fraction of sp³-hybridized carbons (Fsp3) is 0. The summed E-state index contributed by atoms with van der Waals surface area (Å²) in [5.74, 6) is 1.94. The lowest BCUT2D eigenvalue weighted by Crippen LogP contribution is -2.00. The van der Waals surface area contributed by atoms with Gasteiger partial charge in [0.05, 0.1) is 11.0 Å². The largest absolute Gasteiger partial charge is 0.309 e. The second-order valence-corrected chi connectivity index (χ2v) is 14.6. The van der Waals surface area contributed by atoms with Crippen molar-refractivity contribution in [3.63, 3.8) is 0 Å². The minimum atomic E-state index is 0.640. The molecule has 0 aliphatic carbocycles. The number of nitrogens with zero attached hydrogens (tertiary/aromatic N) is 4. The van der Waals surface area contributed by atoms with Gasteiger partial charge in [0.2, 0.25) is 0 Å². The third-order valence-corrected chi connectivity index (χ3v) is 11.6. The van der Waals surface area contributed by atoms with Crippen LogP contribution in [0.1, 0.15) is 0 Å². The zero-order valence-corrected chi connectivity index (χ0v) is 29.8. The Balaban J connectivity index is 1.18. The molecule has 3 heterocycles. The topological polar surface area (TPSA) is 43.6 Å². The highest BCUT2D eigenvalue weighted by Crippen LogP contribution is 2.48. The molecule has 8 aromatic carbocycles. The average Bonchev–Trinajstić information content (AvgIpc) is 3.81. The van der Waals surface area contributed by atoms with Crippen LogP contribution in [0.25, 0.3) is 104 Å². The molecule has 0 saturated heterocycles. The second-order valence-electron chi connectivity index (χ2n) is 13.6. The van der Waals surface area contributed by atoms with Crippen LogP contribution in [0, 0.1) is 0 Å². The highest BCUT2D eigenvalue weighted by atomic mass is 32.1. The number of rotatable bonds is 5. The summed E-state index contributed by atoms with van der Waals surface area (Å²) in [5, 5.41) is 7.65. The minimum absolute atomic E-state index is 0.640. The molecule has 54 heavy (non-hydrogen) atoms. The van der Waals surface area contributed by atoms with Gasteiger partial charge in [0.25, 0.3) is 0 Å². The molecule has 0 aliphatic rings. The van der Waals surface area contributed by atoms with Crippen molar-refractivity contribution >= 4 is 64.1 Å². The van der Waals surface area contributed by atoms with E-state index in [9.17, 15) is 0 Å². The van der Waals surface area contributed by atoms with Gasteiger partial charge in [0.1, 0.15) is 0 Å². The maximum atomic E-state index is 5.00. The first-order chi connectivity index (χ1) is 26.8. The molecule has 11 rings (SSSR count). The Bertz CT molecular complexity index is 3130. The van der Waals surface area contributed by atoms with Crippen molar-refractivity contribution < 1.29 is 0 Å². The van der Waals surface area contributed by atoms with Crippen LogP contribution >= 0.6 is 11.3 Å². The molecular formula is C49H30N4S. The van der Waals surface area contributed by atoms with Crippen LogP contribution in [-0.2, 0) is 0 Å². The van der Waals surface area contributed by atoms with Crippen molar-refractivity contribution in [3.8, 4) is 51.0 Å². The Morgan fingerprint density at radius 3 is 1.50 bits per heavy atom. The molecule has 0 unspecified atom stereocenters. The summed E-state index contributed by atoms with van der Waals surface area (Å²) in [4.78, 5) is 14.9. The van der Waals surface area contributed by atoms with E-state index in [0.29, 0.717) is 17.5 Å². The predicted molar refractivity (Wildman–Crippen MR) is 226 cm³/mol. The number of hydrogen-bond acceptors (Lipinski definition) is 4. The van der Waals surface area contributed by atoms with E-state index in [2.05, 4.69) is 126 Å². The van der Waals surface area contributed by atoms with Crippen molar-refractivity contribution in [1.82, 2.24) is 19.5 Å². The zero-order chi connectivity index (χ0) is 35.6. The maximum Gasteiger partial charge on any atom is 0.164 e. The number of thiophene rings is 1. The fourth-order valence-electron chi connectivity index (χ4n) is 7.95. The van der Waals surface area contributed by atoms with Gasteiger partial charge in [-0.3, -0.25) is 0 Å². The monoisotopic (exact) mass is 706 g/mol. The molecule has 252 valence electrons. The van der Waals surface area contributed by atoms with Crippen LogP contribution in [0.4, 0.5) is 0 Å². The molecule has 0 spiro atoms. The molecule has 3 aromatic heterocycles. The smallest absolute Gasteiger partial charge is 0.164 e. The molecule has 0 fully saturated rings. The Morgan fingerprint density at radius 1 is 0.370 bits per heavy atom. The molecule has 5 heteroatoms. The van der Waals surface area contributed by atoms with Gasteiger partial charge in [0.15, 0.2) is 17.5 Å². The third kappa shape index (κ3) is 4.86. The molecular weight excluding hydrogens is 677 g/mol. The Morgan fingerprint density at radius 2 is 0.870 bits per heavy atom. The molecule has 0 saturated carbocycles. The van der Waals surface area contributed by atoms with Crippen molar-refractivity contribution in [3.05, 3.63) is 182 Å². The maximum absolute atomic E-state index is 5.00. The molecule has 0 bridgehead atoms. The lowest BCUT2D eigenvalue weighted by atomic mass is 9.98. The Kier molecular flexibility index (Phi) is 7.00. The number of fused-ring (bicyclic) bond motifs is 10. The van der Waals surface area contributed by atoms with Crippen LogP contribution < -0.4 is 0 Å². The fourth-order valence-corrected chi connectivity index (χ4v) is 9.19. The van der Waals surface area contributed by atoms with Gasteiger partial charge in [-0.2, -0.15) is 0 Å². The number of aromatic nitrogens is 4. The Labute approximate surface area is 315 Å². The average molecular weight is 707 g/mol. The molecule has 11 aromatic rings. The van der Waals surface area contributed by atoms with Crippen molar-refractivity contribution in [1.29, 1.82) is 0 Å². The zero-order valence-electron chi connectivity index (χ0n) is 29.0. The molecule has 0 N–H and O–H groups in total. The molecule has 4 nitrogen and oxygen atoms in total. The summed E-state index contributed by atoms with van der Waals surface area (Å²) in [6.45, 7) is 0. The van der Waals surface area contributed by atoms with E-state index >= 15 is 0 Å². The highest BCUT2D eigenvalue weighted by Gasteiger charge is 2.22. The number of hydrogen-bond donors (Lipinski definition) is 0. The van der Waals surface area contributed by atoms with E-state index in [-0.39, 0.29) is 0 Å². The van der Waals surface area contributed by atoms with E-state index in [0.717, 1.165) is 22.4 Å². The minimum Gasteiger partial charge on any atom is -0.309 e. The van der Waals surface area contributed by atoms with Gasteiger partial charge in [-0.1, -0.05) is 140 Å². The predicted octanol–water partition coefficient (Wildman–Crippen LogP) is 13.2. The summed E-state index contributed by atoms with van der Waals surface area (Å²) in [7, 11) is 0. The standard InChI is InChI=1S/C49H30N4S/c1-4-14-31(15-5-1)35-26-29-41-40(30-35)43-37-20-10-11-21-38(37)46-44(39-22-12-13-23-42(39)54-46)45(43)53(41)36-27-24-34(25-28-36)49-51-47(32-16-6-2-7-17-32)50-48(52-49)33-18-8-3-9-19-33/h1-30H. The molecule has 0 radical (unpaired) electrons. The van der Waals surface area contributed by atoms with Crippen LogP contribution in [-0.4, -0.2) is 19.5 Å². The van der Waals surface area contributed by atoms with E-state index in [1.54, 1.807) is 0 Å². The lowest BCUT2D eigenvalue weighted by Gasteiger charge is -2.12. The summed E-state index contributed by atoms with van der Waals surface area (Å²) in [6.07, 6.45) is 0. The van der Waals surface area contributed by atoms with Crippen LogP contribution in [0.15, 0.2) is 182 Å². The van der Waals surface area contributed by atoms with Gasteiger partial charge in [-0.25, -0.2) is 15.0 Å². The second kappa shape index (κ2) is 12.3. The van der Waals surface area contributed by atoms with Gasteiger partial charge >= 0.3 is 0 Å². The van der Waals surface area contributed by atoms with E-state index in [4.69, 9.17) is 15.0 Å². The lowest BCUT2D eigenvalue weighted by molar-refractivity contribution is 1.07. The van der Waals surface area contributed by atoms with Crippen molar-refractivity contribution in [2.45, 2.75) is 0 Å². The van der Waals surface area contributed by atoms with E-state index in [1.807, 2.05) is 72.0 Å². The third-order valence-electron chi connectivity index (χ3n) is 10.4. The molecule has 0 atom stereocenters. The first-order valence-corrected chi connectivity index (χ1v) is 18.9. The van der Waals surface area contributed by atoms with Crippen molar-refractivity contribution in [2.24, 2.45) is 0 Å². The van der Waals surface area contributed by atoms with Crippen molar-refractivity contribution in [2.75, 3.05) is 0 Å². The van der Waals surface area contributed by atoms with Gasteiger partial charge in [0, 0.05) is 58.7 Å². The Hall–Kier alpha value is -6.95. The first-order valence-electron chi connectivity index (χ1n) is 18.1. The quantitative estimate of drug-likeness (QED) is 0.179. The SMILES string of the molecule is c1ccc(-c2ccc3c(c2)c2c4ccccc4c4sc5ccccc5c4c2n3-c2ccc(-c3nc(-c4ccccc4)nc(-c4ccccc4)n3)cc2)cc1. The highest BCUT2D eigenvalue weighted by molar-refractivity contribution is 7.27. The molecule has 0 amide bonds. The van der Waals surface area contributed by atoms with Crippen LogP contribution in [0.3, 0.4) is 0 Å². The van der Waals surface area contributed by atoms with Crippen LogP contribution in [0.5, 0.6) is 0 Å². The first kappa shape index (κ1) is 30.7. The van der Waals surface area contributed by atoms with Gasteiger partial charge in [-0.15, -0.1) is 11.3 Å². The van der Waals surface area contributed by atoms with E-state index in [1.165, 1.54) is 63.9 Å². The van der Waals surface area contributed by atoms with Crippen LogP contribution in [0.2, 0.25) is 0 Å². The van der Waals surface area contributed by atoms with Gasteiger partial charge in [-0.05, 0) is 59.0 Å². The summed E-state index contributed by atoms with van der Waals surface area (Å²) >= 11 is 1.88. The molecule has 0 aliphatic heterocycles. The normalized spacial score (nSPS) is 11.7. The summed E-state index contributed by atoms with van der Waals surface area (Å²) in [5.41, 5.74) is 8.73. The summed E-state index contributed by atoms with van der Waals surface area (Å²) < 4.78 is 5.07.